The average molecular weight is 406 g/mol. The highest BCUT2D eigenvalue weighted by molar-refractivity contribution is 6.28. The van der Waals surface area contributed by atoms with Crippen molar-refractivity contribution in [3.63, 3.8) is 0 Å². The molecule has 0 bridgehead atoms. The van der Waals surface area contributed by atoms with Crippen molar-refractivity contribution in [2.75, 3.05) is 0 Å². The summed E-state index contributed by atoms with van der Waals surface area (Å²) in [5.74, 6) is -0.172. The molecule has 4 rings (SSSR count). The highest BCUT2D eigenvalue weighted by atomic mass is 16.3. The number of hydrogen-bond acceptors (Lipinski definition) is 3. The molecule has 2 aromatic rings. The zero-order chi connectivity index (χ0) is 21.8. The van der Waals surface area contributed by atoms with E-state index in [9.17, 15) is 15.0 Å². The largest absolute Gasteiger partial charge is 0.475 e. The molecule has 0 fully saturated rings. The summed E-state index contributed by atoms with van der Waals surface area (Å²) in [7, 11) is 0. The molecule has 2 aliphatic rings. The number of carbonyl (C=O) groups is 1. The van der Waals surface area contributed by atoms with E-state index in [0.717, 1.165) is 29.5 Å². The number of nitrogens with one attached hydrogen (secondary N) is 1. The number of imidazole rings is 1. The third kappa shape index (κ3) is 3.38. The Morgan fingerprint density at radius 2 is 1.67 bits per heavy atom. The summed E-state index contributed by atoms with van der Waals surface area (Å²) in [6.07, 6.45) is 10.4. The Morgan fingerprint density at radius 1 is 1.03 bits per heavy atom. The predicted molar refractivity (Wildman–Crippen MR) is 117 cm³/mol. The van der Waals surface area contributed by atoms with E-state index in [1.165, 1.54) is 21.9 Å². The Bertz CT molecular complexity index is 1140. The van der Waals surface area contributed by atoms with E-state index in [4.69, 9.17) is 0 Å². The molecule has 0 amide bonds. The molecule has 1 aromatic carbocycles. The molecule has 0 unspecified atom stereocenters. The summed E-state index contributed by atoms with van der Waals surface area (Å²) in [6.45, 7) is 11.2. The standard InChI is InChI=1S/C25H28N2O3/c1-15-10-19-20(25(4,5)9-8-24(19,2)3)12-17(15)18-11-16(6-7-21(18)28)13-27-14-22(29)26-23(27)30/h6-7,10-14H,8-9H2,1-5H3,(H2,26,29,30)/p+1. The summed E-state index contributed by atoms with van der Waals surface area (Å²) in [5.41, 5.74) is 6.30. The molecule has 0 saturated heterocycles. The normalized spacial score (nSPS) is 20.9. The number of hydrogen-bond donors (Lipinski definition) is 3. The summed E-state index contributed by atoms with van der Waals surface area (Å²) < 4.78 is 1.38. The van der Waals surface area contributed by atoms with Gasteiger partial charge in [-0.3, -0.25) is 4.79 Å². The van der Waals surface area contributed by atoms with Crippen LogP contribution in [0.15, 0.2) is 42.1 Å². The minimum atomic E-state index is -0.186. The van der Waals surface area contributed by atoms with Gasteiger partial charge in [-0.2, -0.15) is 9.55 Å². The minimum absolute atomic E-state index is 0.0331. The maximum absolute atomic E-state index is 12.8. The summed E-state index contributed by atoms with van der Waals surface area (Å²) >= 11 is 0. The molecule has 0 spiro atoms. The summed E-state index contributed by atoms with van der Waals surface area (Å²) in [6, 6.07) is 4.28. The lowest BCUT2D eigenvalue weighted by atomic mass is 9.62. The number of carbonyl (C=O) groups excluding carboxylic acids is 1. The first kappa shape index (κ1) is 20.2. The molecule has 0 radical (unpaired) electrons. The second-order valence-corrected chi connectivity index (χ2v) is 9.74. The van der Waals surface area contributed by atoms with Gasteiger partial charge < -0.3 is 10.2 Å². The molecular formula is C25H29N2O3+. The fourth-order valence-corrected chi connectivity index (χ4v) is 4.51. The Balaban J connectivity index is 1.84. The number of H-pyrrole nitrogens is 1. The lowest BCUT2D eigenvalue weighted by Crippen LogP contribution is -2.34. The van der Waals surface area contributed by atoms with E-state index in [0.29, 0.717) is 5.57 Å². The van der Waals surface area contributed by atoms with Crippen molar-refractivity contribution >= 4 is 17.6 Å². The molecule has 5 heteroatoms. The number of fused-ring (bicyclic) bond motifs is 1. The van der Waals surface area contributed by atoms with Crippen LogP contribution in [0.25, 0.3) is 11.8 Å². The van der Waals surface area contributed by atoms with E-state index in [2.05, 4.69) is 51.7 Å². The molecule has 1 heterocycles. The van der Waals surface area contributed by atoms with Crippen LogP contribution in [0, 0.1) is 6.92 Å². The second kappa shape index (κ2) is 6.73. The number of allylic oxidation sites excluding steroid dienone is 5. The number of aromatic amines is 1. The number of nitrogens with zero attached hydrogens (tertiary/aromatic N) is 1. The molecule has 0 atom stereocenters. The molecule has 3 N–H and O–H groups in total. The number of rotatable bonds is 2. The van der Waals surface area contributed by atoms with E-state index in [-0.39, 0.29) is 28.5 Å². The summed E-state index contributed by atoms with van der Waals surface area (Å²) in [4.78, 5) is 15.2. The van der Waals surface area contributed by atoms with Gasteiger partial charge in [0.2, 0.25) is 0 Å². The SMILES string of the molecule is Cc1cc2c(cc1C1=CC(=C[n+]3cc(O)[nH]c3O)C=CC1=O)C(C)(C)CCC2(C)C. The first-order valence-corrected chi connectivity index (χ1v) is 10.3. The number of benzene rings is 1. The first-order chi connectivity index (χ1) is 14.0. The van der Waals surface area contributed by atoms with E-state index in [1.807, 2.05) is 6.08 Å². The fourth-order valence-electron chi connectivity index (χ4n) is 4.51. The van der Waals surface area contributed by atoms with Gasteiger partial charge in [-0.25, -0.2) is 0 Å². The lowest BCUT2D eigenvalue weighted by Gasteiger charge is -2.42. The molecule has 5 nitrogen and oxygen atoms in total. The van der Waals surface area contributed by atoms with E-state index >= 15 is 0 Å². The van der Waals surface area contributed by atoms with Crippen LogP contribution >= 0.6 is 0 Å². The third-order valence-electron chi connectivity index (χ3n) is 6.53. The van der Waals surface area contributed by atoms with Gasteiger partial charge in [0.25, 0.3) is 0 Å². The van der Waals surface area contributed by atoms with Gasteiger partial charge in [0.05, 0.1) is 0 Å². The highest BCUT2D eigenvalue weighted by Crippen LogP contribution is 2.47. The Labute approximate surface area is 177 Å². The van der Waals surface area contributed by atoms with E-state index < -0.39 is 0 Å². The lowest BCUT2D eigenvalue weighted by molar-refractivity contribution is -0.576. The Kier molecular flexibility index (Phi) is 4.53. The fraction of sp³-hybridized carbons (Fsp3) is 0.360. The summed E-state index contributed by atoms with van der Waals surface area (Å²) in [5, 5.41) is 19.4. The third-order valence-corrected chi connectivity index (χ3v) is 6.53. The van der Waals surface area contributed by atoms with Crippen molar-refractivity contribution in [1.29, 1.82) is 0 Å². The van der Waals surface area contributed by atoms with Gasteiger partial charge in [0.15, 0.2) is 12.0 Å². The number of aromatic hydroxyl groups is 2. The van der Waals surface area contributed by atoms with Crippen LogP contribution in [0.2, 0.25) is 0 Å². The maximum atomic E-state index is 12.8. The van der Waals surface area contributed by atoms with Crippen LogP contribution in [0.4, 0.5) is 0 Å². The van der Waals surface area contributed by atoms with Crippen molar-refractivity contribution in [3.05, 3.63) is 64.4 Å². The van der Waals surface area contributed by atoms with Crippen molar-refractivity contribution in [2.45, 2.75) is 58.3 Å². The predicted octanol–water partition coefficient (Wildman–Crippen LogP) is 4.43. The number of aryl methyl sites for hydroxylation is 1. The van der Waals surface area contributed by atoms with Gasteiger partial charge in [-0.15, -0.1) is 0 Å². The van der Waals surface area contributed by atoms with Gasteiger partial charge in [0.1, 0.15) is 6.20 Å². The maximum Gasteiger partial charge on any atom is 0.459 e. The molecule has 30 heavy (non-hydrogen) atoms. The zero-order valence-corrected chi connectivity index (χ0v) is 18.2. The smallest absolute Gasteiger partial charge is 0.459 e. The van der Waals surface area contributed by atoms with Crippen molar-refractivity contribution < 1.29 is 19.6 Å². The molecule has 156 valence electrons. The molecule has 0 aliphatic heterocycles. The minimum Gasteiger partial charge on any atom is -0.475 e. The topological polar surface area (TPSA) is 77.2 Å². The molecule has 0 saturated carbocycles. The molecule has 2 aliphatic carbocycles. The monoisotopic (exact) mass is 405 g/mol. The quantitative estimate of drug-likeness (QED) is 0.647. The van der Waals surface area contributed by atoms with E-state index in [1.54, 1.807) is 18.4 Å². The van der Waals surface area contributed by atoms with Crippen molar-refractivity contribution in [3.8, 4) is 11.9 Å². The van der Waals surface area contributed by atoms with Crippen LogP contribution in [0.5, 0.6) is 11.9 Å². The molecular weight excluding hydrogens is 376 g/mol. The van der Waals surface area contributed by atoms with Crippen molar-refractivity contribution in [1.82, 2.24) is 4.98 Å². The number of ketones is 1. The molecule has 1 aromatic heterocycles. The van der Waals surface area contributed by atoms with Gasteiger partial charge in [-0.05, 0) is 77.1 Å². The van der Waals surface area contributed by atoms with Crippen LogP contribution in [0.3, 0.4) is 0 Å². The van der Waals surface area contributed by atoms with Crippen LogP contribution in [0.1, 0.15) is 62.8 Å². The van der Waals surface area contributed by atoms with Gasteiger partial charge in [0, 0.05) is 11.1 Å². The van der Waals surface area contributed by atoms with Crippen LogP contribution in [-0.4, -0.2) is 21.0 Å². The zero-order valence-electron chi connectivity index (χ0n) is 18.2. The van der Waals surface area contributed by atoms with Crippen molar-refractivity contribution in [2.24, 2.45) is 0 Å². The second-order valence-electron chi connectivity index (χ2n) is 9.74. The Morgan fingerprint density at radius 3 is 2.27 bits per heavy atom. The van der Waals surface area contributed by atoms with Crippen LogP contribution < -0.4 is 4.57 Å². The Hall–Kier alpha value is -3.08. The first-order valence-electron chi connectivity index (χ1n) is 10.3. The number of aromatic nitrogens is 2. The van der Waals surface area contributed by atoms with Crippen LogP contribution in [-0.2, 0) is 15.6 Å². The van der Waals surface area contributed by atoms with Gasteiger partial charge >= 0.3 is 11.9 Å². The highest BCUT2D eigenvalue weighted by Gasteiger charge is 2.37. The average Bonchev–Trinajstić information content (AvgIpc) is 2.97. The van der Waals surface area contributed by atoms with Gasteiger partial charge in [-0.1, -0.05) is 33.8 Å².